The van der Waals surface area contributed by atoms with E-state index in [2.05, 4.69) is 9.94 Å². The van der Waals surface area contributed by atoms with E-state index in [-0.39, 0.29) is 5.02 Å². The number of rotatable bonds is 4. The first-order valence-electron chi connectivity index (χ1n) is 5.67. The van der Waals surface area contributed by atoms with Crippen molar-refractivity contribution in [3.8, 4) is 11.5 Å². The Morgan fingerprint density at radius 3 is 2.57 bits per heavy atom. The smallest absolute Gasteiger partial charge is 0.332 e. The highest BCUT2D eigenvalue weighted by molar-refractivity contribution is 6.34. The number of hydroxylamine groups is 1. The summed E-state index contributed by atoms with van der Waals surface area (Å²) in [6, 6.07) is 3.26. The molecule has 0 aliphatic carbocycles. The molecule has 8 nitrogen and oxygen atoms in total. The van der Waals surface area contributed by atoms with Gasteiger partial charge in [0, 0.05) is 12.5 Å². The molecule has 1 rings (SSSR count). The van der Waals surface area contributed by atoms with Crippen LogP contribution >= 0.6 is 11.6 Å². The predicted molar refractivity (Wildman–Crippen MR) is 77.7 cm³/mol. The number of nitrogens with zero attached hydrogens (tertiary/aromatic N) is 2. The Labute approximate surface area is 126 Å². The molecule has 0 fully saturated rings. The number of benzene rings is 1. The molecule has 1 aromatic rings. The topological polar surface area (TPSA) is 110 Å². The third-order valence-corrected chi connectivity index (χ3v) is 2.63. The molecule has 0 spiro atoms. The fourth-order valence-corrected chi connectivity index (χ4v) is 1.66. The Morgan fingerprint density at radius 2 is 2.10 bits per heavy atom. The number of nitrogens with one attached hydrogen (secondary N) is 1. The van der Waals surface area contributed by atoms with Gasteiger partial charge in [-0.2, -0.15) is 0 Å². The zero-order chi connectivity index (χ0) is 16.0. The van der Waals surface area contributed by atoms with Crippen LogP contribution in [-0.2, 0) is 9.63 Å². The van der Waals surface area contributed by atoms with Gasteiger partial charge in [0.1, 0.15) is 0 Å². The van der Waals surface area contributed by atoms with Crippen molar-refractivity contribution in [2.75, 3.05) is 14.2 Å². The van der Waals surface area contributed by atoms with Gasteiger partial charge in [0.05, 0.1) is 25.5 Å². The Morgan fingerprint density at radius 1 is 1.43 bits per heavy atom. The van der Waals surface area contributed by atoms with Gasteiger partial charge in [-0.05, 0) is 12.1 Å². The second kappa shape index (κ2) is 7.34. The maximum atomic E-state index is 10.9. The largest absolute Gasteiger partial charge is 0.493 e. The molecule has 0 aromatic heterocycles. The third kappa shape index (κ3) is 4.25. The van der Waals surface area contributed by atoms with Crippen LogP contribution in [0.15, 0.2) is 17.2 Å². The summed E-state index contributed by atoms with van der Waals surface area (Å²) in [5.41, 5.74) is 5.69. The van der Waals surface area contributed by atoms with E-state index in [1.54, 1.807) is 12.1 Å². The van der Waals surface area contributed by atoms with Crippen molar-refractivity contribution >= 4 is 29.7 Å². The van der Waals surface area contributed by atoms with Gasteiger partial charge in [-0.3, -0.25) is 5.41 Å². The molecule has 0 atom stereocenters. The van der Waals surface area contributed by atoms with Crippen LogP contribution in [-0.4, -0.2) is 37.5 Å². The number of carbonyl (C=O) groups is 1. The summed E-state index contributed by atoms with van der Waals surface area (Å²) >= 11 is 6.15. The van der Waals surface area contributed by atoms with Crippen LogP contribution in [0.1, 0.15) is 12.5 Å². The molecule has 0 aliphatic heterocycles. The van der Waals surface area contributed by atoms with Gasteiger partial charge in [0.2, 0.25) is 5.96 Å². The van der Waals surface area contributed by atoms with E-state index in [0.717, 1.165) is 6.92 Å². The first-order valence-corrected chi connectivity index (χ1v) is 6.05. The lowest BCUT2D eigenvalue weighted by atomic mass is 10.2. The minimum absolute atomic E-state index is 0.256. The molecule has 3 N–H and O–H groups in total. The lowest BCUT2D eigenvalue weighted by Crippen LogP contribution is -2.33. The summed E-state index contributed by atoms with van der Waals surface area (Å²) in [7, 11) is 2.94. The fourth-order valence-electron chi connectivity index (χ4n) is 1.38. The van der Waals surface area contributed by atoms with Crippen molar-refractivity contribution in [2.24, 2.45) is 10.8 Å². The van der Waals surface area contributed by atoms with E-state index in [1.807, 2.05) is 0 Å². The summed E-state index contributed by atoms with van der Waals surface area (Å²) in [6.07, 6.45) is 1.27. The molecule has 0 unspecified atom stereocenters. The van der Waals surface area contributed by atoms with Gasteiger partial charge >= 0.3 is 5.97 Å². The highest BCUT2D eigenvalue weighted by Gasteiger charge is 2.13. The van der Waals surface area contributed by atoms with E-state index < -0.39 is 11.9 Å². The number of ether oxygens (including phenoxy) is 2. The minimum atomic E-state index is -0.666. The van der Waals surface area contributed by atoms with Crippen molar-refractivity contribution in [3.63, 3.8) is 0 Å². The summed E-state index contributed by atoms with van der Waals surface area (Å²) < 4.78 is 10.2. The van der Waals surface area contributed by atoms with Crippen LogP contribution in [0, 0.1) is 5.41 Å². The van der Waals surface area contributed by atoms with Crippen LogP contribution in [0.5, 0.6) is 11.5 Å². The highest BCUT2D eigenvalue weighted by atomic mass is 35.5. The first-order chi connectivity index (χ1) is 9.90. The molecule has 21 heavy (non-hydrogen) atoms. The van der Waals surface area contributed by atoms with E-state index in [0.29, 0.717) is 22.2 Å². The quantitative estimate of drug-likeness (QED) is 0.493. The van der Waals surface area contributed by atoms with Crippen LogP contribution < -0.4 is 15.2 Å². The van der Waals surface area contributed by atoms with Gasteiger partial charge in [0.25, 0.3) is 0 Å². The third-order valence-electron chi connectivity index (χ3n) is 2.24. The highest BCUT2D eigenvalue weighted by Crippen LogP contribution is 2.36. The number of hydrazone groups is 1. The molecule has 0 radical (unpaired) electrons. The number of guanidine groups is 1. The van der Waals surface area contributed by atoms with E-state index in [1.165, 1.54) is 20.4 Å². The van der Waals surface area contributed by atoms with Crippen molar-refractivity contribution in [1.82, 2.24) is 5.17 Å². The molecule has 1 aromatic carbocycles. The monoisotopic (exact) mass is 314 g/mol. The second-order valence-corrected chi connectivity index (χ2v) is 4.07. The predicted octanol–water partition coefficient (Wildman–Crippen LogP) is 1.36. The number of nitrogens with two attached hydrogens (primary N) is 1. The van der Waals surface area contributed by atoms with E-state index >= 15 is 0 Å². The molecule has 0 bridgehead atoms. The van der Waals surface area contributed by atoms with E-state index in [4.69, 9.17) is 32.2 Å². The van der Waals surface area contributed by atoms with Crippen LogP contribution in [0.4, 0.5) is 0 Å². The van der Waals surface area contributed by atoms with Crippen molar-refractivity contribution in [3.05, 3.63) is 22.7 Å². The van der Waals surface area contributed by atoms with Crippen molar-refractivity contribution < 1.29 is 19.1 Å². The number of methoxy groups -OCH3 is 2. The summed E-state index contributed by atoms with van der Waals surface area (Å²) in [5, 5.41) is 11.8. The zero-order valence-corrected chi connectivity index (χ0v) is 12.5. The standard InChI is InChI=1S/C12H15ClN4O4/c1-7(18)21-17(12(14)15)16-6-8-4-5-9(19-2)11(20-3)10(8)13/h4-6H,1-3H3,(H3,14,15). The molecule has 0 heterocycles. The van der Waals surface area contributed by atoms with Crippen LogP contribution in [0.3, 0.4) is 0 Å². The van der Waals surface area contributed by atoms with Gasteiger partial charge < -0.3 is 20.0 Å². The van der Waals surface area contributed by atoms with E-state index in [9.17, 15) is 4.79 Å². The molecule has 9 heteroatoms. The SMILES string of the molecule is COc1ccc(C=NN(OC(C)=O)C(=N)N)c(Cl)c1OC. The maximum absolute atomic E-state index is 10.9. The van der Waals surface area contributed by atoms with Crippen LogP contribution in [0.2, 0.25) is 5.02 Å². The second-order valence-electron chi connectivity index (χ2n) is 3.69. The summed E-state index contributed by atoms with van der Waals surface area (Å²) in [6.45, 7) is 1.16. The van der Waals surface area contributed by atoms with Gasteiger partial charge in [-0.1, -0.05) is 16.8 Å². The van der Waals surface area contributed by atoms with Gasteiger partial charge in [-0.25, -0.2) is 4.79 Å². The Kier molecular flexibility index (Phi) is 5.79. The van der Waals surface area contributed by atoms with Crippen molar-refractivity contribution in [1.29, 1.82) is 5.41 Å². The first kappa shape index (κ1) is 16.6. The average Bonchev–Trinajstić information content (AvgIpc) is 2.43. The average molecular weight is 315 g/mol. The minimum Gasteiger partial charge on any atom is -0.493 e. The Bertz CT molecular complexity index is 577. The number of hydrogen-bond donors (Lipinski definition) is 2. The van der Waals surface area contributed by atoms with Crippen LogP contribution in [0.25, 0.3) is 0 Å². The van der Waals surface area contributed by atoms with Crippen molar-refractivity contribution in [2.45, 2.75) is 6.92 Å². The lowest BCUT2D eigenvalue weighted by molar-refractivity contribution is -0.170. The zero-order valence-electron chi connectivity index (χ0n) is 11.7. The normalized spacial score (nSPS) is 10.3. The molecule has 114 valence electrons. The Hall–Kier alpha value is -2.48. The molecule has 0 saturated heterocycles. The summed E-state index contributed by atoms with van der Waals surface area (Å²) in [4.78, 5) is 15.5. The molecular weight excluding hydrogens is 300 g/mol. The number of halogens is 1. The summed E-state index contributed by atoms with van der Waals surface area (Å²) in [5.74, 6) is -0.424. The van der Waals surface area contributed by atoms with Gasteiger partial charge in [-0.15, -0.1) is 5.10 Å². The molecule has 0 amide bonds. The number of carbonyl (C=O) groups excluding carboxylic acids is 1. The molecule has 0 saturated carbocycles. The Balaban J connectivity index is 3.08. The molecular formula is C12H15ClN4O4. The maximum Gasteiger partial charge on any atom is 0.332 e. The lowest BCUT2D eigenvalue weighted by Gasteiger charge is -2.14. The number of hydrogen-bond acceptors (Lipinski definition) is 6. The molecule has 0 aliphatic rings. The van der Waals surface area contributed by atoms with Gasteiger partial charge in [0.15, 0.2) is 11.5 Å². The fraction of sp³-hybridized carbons (Fsp3) is 0.250.